The number of nitrogens with zero attached hydrogens (tertiary/aromatic N) is 2. The van der Waals surface area contributed by atoms with E-state index in [-0.39, 0.29) is 5.91 Å². The van der Waals surface area contributed by atoms with Crippen molar-refractivity contribution in [2.45, 2.75) is 33.4 Å². The SMILES string of the molecule is Cc1nn(-c2ccccc2)c(C)c1C[NH+](C)[C@@H](C)C(=O)NC(N)=O. The second-order valence-electron chi connectivity index (χ2n) is 6.00. The second-order valence-corrected chi connectivity index (χ2v) is 6.00. The Bertz CT molecular complexity index is 739. The maximum absolute atomic E-state index is 11.9. The van der Waals surface area contributed by atoms with Gasteiger partial charge in [0.2, 0.25) is 0 Å². The van der Waals surface area contributed by atoms with Gasteiger partial charge >= 0.3 is 6.03 Å². The third-order valence-corrected chi connectivity index (χ3v) is 4.28. The number of carbonyl (C=O) groups excluding carboxylic acids is 2. The molecular weight excluding hydrogens is 306 g/mol. The molecule has 0 aliphatic heterocycles. The molecule has 0 spiro atoms. The van der Waals surface area contributed by atoms with Gasteiger partial charge in [0.1, 0.15) is 6.54 Å². The number of aryl methyl sites for hydroxylation is 1. The van der Waals surface area contributed by atoms with Gasteiger partial charge in [-0.1, -0.05) is 18.2 Å². The summed E-state index contributed by atoms with van der Waals surface area (Å²) >= 11 is 0. The van der Waals surface area contributed by atoms with Gasteiger partial charge in [-0.05, 0) is 32.9 Å². The molecule has 0 aliphatic rings. The molecule has 0 saturated heterocycles. The van der Waals surface area contributed by atoms with Gasteiger partial charge in [-0.25, -0.2) is 9.48 Å². The molecule has 2 rings (SSSR count). The third-order valence-electron chi connectivity index (χ3n) is 4.28. The summed E-state index contributed by atoms with van der Waals surface area (Å²) in [6, 6.07) is 8.68. The monoisotopic (exact) mass is 330 g/mol. The molecule has 3 amide bonds. The molecule has 1 aromatic heterocycles. The summed E-state index contributed by atoms with van der Waals surface area (Å²) in [7, 11) is 1.91. The first kappa shape index (κ1) is 17.7. The first-order chi connectivity index (χ1) is 11.3. The number of amides is 3. The summed E-state index contributed by atoms with van der Waals surface area (Å²) in [5.41, 5.74) is 9.07. The molecule has 0 fully saturated rings. The van der Waals surface area contributed by atoms with E-state index in [0.29, 0.717) is 6.54 Å². The normalized spacial score (nSPS) is 13.3. The minimum absolute atomic E-state index is 0.384. The molecule has 7 nitrogen and oxygen atoms in total. The molecule has 24 heavy (non-hydrogen) atoms. The summed E-state index contributed by atoms with van der Waals surface area (Å²) in [6.45, 7) is 6.37. The van der Waals surface area contributed by atoms with Crippen molar-refractivity contribution in [3.05, 3.63) is 47.3 Å². The zero-order chi connectivity index (χ0) is 17.9. The standard InChI is InChI=1S/C17H23N5O2/c1-11-15(10-21(4)13(3)16(23)19-17(18)24)12(2)22(20-11)14-8-6-5-7-9-14/h5-9,13H,10H2,1-4H3,(H3,18,19,23,24)/p+1/t13-/m0/s1. The molecule has 1 aromatic carbocycles. The van der Waals surface area contributed by atoms with Gasteiger partial charge < -0.3 is 10.6 Å². The molecule has 0 aliphatic carbocycles. The number of aromatic nitrogens is 2. The Hall–Kier alpha value is -2.67. The van der Waals surface area contributed by atoms with E-state index in [1.807, 2.05) is 55.9 Å². The molecule has 1 heterocycles. The van der Waals surface area contributed by atoms with Gasteiger partial charge in [-0.2, -0.15) is 5.10 Å². The third kappa shape index (κ3) is 3.80. The van der Waals surface area contributed by atoms with E-state index in [2.05, 4.69) is 10.4 Å². The van der Waals surface area contributed by atoms with Crippen LogP contribution in [-0.4, -0.2) is 34.8 Å². The molecule has 7 heteroatoms. The highest BCUT2D eigenvalue weighted by Gasteiger charge is 2.25. The van der Waals surface area contributed by atoms with Crippen molar-refractivity contribution in [2.24, 2.45) is 5.73 Å². The van der Waals surface area contributed by atoms with Crippen LogP contribution in [0.2, 0.25) is 0 Å². The van der Waals surface area contributed by atoms with Crippen molar-refractivity contribution in [1.29, 1.82) is 0 Å². The molecule has 0 bridgehead atoms. The van der Waals surface area contributed by atoms with Crippen molar-refractivity contribution in [3.63, 3.8) is 0 Å². The zero-order valence-electron chi connectivity index (χ0n) is 14.5. The Labute approximate surface area is 141 Å². The molecule has 0 radical (unpaired) electrons. The highest BCUT2D eigenvalue weighted by Crippen LogP contribution is 2.16. The van der Waals surface area contributed by atoms with Gasteiger partial charge in [0.25, 0.3) is 5.91 Å². The van der Waals surface area contributed by atoms with Crippen molar-refractivity contribution in [1.82, 2.24) is 15.1 Å². The van der Waals surface area contributed by atoms with Crippen LogP contribution in [0.5, 0.6) is 0 Å². The lowest BCUT2D eigenvalue weighted by molar-refractivity contribution is -0.908. The number of primary amides is 1. The number of benzene rings is 1. The van der Waals surface area contributed by atoms with Gasteiger partial charge in [0, 0.05) is 0 Å². The maximum atomic E-state index is 11.9. The van der Waals surface area contributed by atoms with Gasteiger partial charge in [0.05, 0.1) is 29.7 Å². The summed E-state index contributed by atoms with van der Waals surface area (Å²) in [4.78, 5) is 23.7. The Morgan fingerprint density at radius 3 is 2.50 bits per heavy atom. The molecule has 0 saturated carbocycles. The lowest BCUT2D eigenvalue weighted by atomic mass is 10.1. The topological polar surface area (TPSA) is 94.4 Å². The van der Waals surface area contributed by atoms with Crippen molar-refractivity contribution in [3.8, 4) is 5.69 Å². The van der Waals surface area contributed by atoms with E-state index in [0.717, 1.165) is 27.5 Å². The maximum Gasteiger partial charge on any atom is 0.319 e. The number of imide groups is 1. The minimum Gasteiger partial charge on any atom is -0.351 e. The van der Waals surface area contributed by atoms with Crippen molar-refractivity contribution in [2.75, 3.05) is 7.05 Å². The van der Waals surface area contributed by atoms with E-state index in [1.54, 1.807) is 6.92 Å². The summed E-state index contributed by atoms with van der Waals surface area (Å²) in [5.74, 6) is -0.384. The average Bonchev–Trinajstić information content (AvgIpc) is 2.82. The molecular formula is C17H24N5O2+. The molecule has 1 unspecified atom stereocenters. The van der Waals surface area contributed by atoms with Gasteiger partial charge in [-0.15, -0.1) is 0 Å². The largest absolute Gasteiger partial charge is 0.351 e. The van der Waals surface area contributed by atoms with E-state index < -0.39 is 12.1 Å². The first-order valence-corrected chi connectivity index (χ1v) is 7.84. The first-order valence-electron chi connectivity index (χ1n) is 7.84. The Morgan fingerprint density at radius 1 is 1.29 bits per heavy atom. The highest BCUT2D eigenvalue weighted by atomic mass is 16.2. The minimum atomic E-state index is -0.830. The van der Waals surface area contributed by atoms with Crippen LogP contribution in [-0.2, 0) is 11.3 Å². The summed E-state index contributed by atoms with van der Waals surface area (Å²) in [6.07, 6.45) is 0. The summed E-state index contributed by atoms with van der Waals surface area (Å²) < 4.78 is 1.91. The Kier molecular flexibility index (Phi) is 5.35. The number of likely N-dealkylation sites (N-methyl/N-ethyl adjacent to an activating group) is 1. The predicted octanol–water partition coefficient (Wildman–Crippen LogP) is 0.0872. The molecule has 4 N–H and O–H groups in total. The number of quaternary nitrogens is 1. The van der Waals surface area contributed by atoms with Crippen LogP contribution < -0.4 is 16.0 Å². The average molecular weight is 330 g/mol. The van der Waals surface area contributed by atoms with Crippen LogP contribution in [0.3, 0.4) is 0 Å². The van der Waals surface area contributed by atoms with Crippen LogP contribution in [0, 0.1) is 13.8 Å². The number of para-hydroxylation sites is 1. The van der Waals surface area contributed by atoms with Crippen LogP contribution in [0.15, 0.2) is 30.3 Å². The zero-order valence-corrected chi connectivity index (χ0v) is 14.5. The lowest BCUT2D eigenvalue weighted by Gasteiger charge is -2.20. The number of nitrogens with two attached hydrogens (primary N) is 1. The molecule has 128 valence electrons. The van der Waals surface area contributed by atoms with Crippen molar-refractivity contribution < 1.29 is 14.5 Å². The van der Waals surface area contributed by atoms with Gasteiger partial charge in [0.15, 0.2) is 6.04 Å². The second kappa shape index (κ2) is 7.27. The number of rotatable bonds is 5. The fourth-order valence-electron chi connectivity index (χ4n) is 2.64. The summed E-state index contributed by atoms with van der Waals surface area (Å²) in [5, 5.41) is 6.74. The number of nitrogens with one attached hydrogen (secondary N) is 2. The number of hydrogen-bond acceptors (Lipinski definition) is 3. The van der Waals surface area contributed by atoms with Crippen LogP contribution in [0.25, 0.3) is 5.69 Å². The molecule has 2 atom stereocenters. The van der Waals surface area contributed by atoms with Crippen LogP contribution in [0.1, 0.15) is 23.9 Å². The van der Waals surface area contributed by atoms with Crippen molar-refractivity contribution >= 4 is 11.9 Å². The number of hydrogen-bond donors (Lipinski definition) is 3. The van der Waals surface area contributed by atoms with E-state index in [9.17, 15) is 9.59 Å². The number of carbonyl (C=O) groups is 2. The predicted molar refractivity (Wildman–Crippen MR) is 90.8 cm³/mol. The molecule has 2 aromatic rings. The van der Waals surface area contributed by atoms with E-state index in [1.165, 1.54) is 0 Å². The highest BCUT2D eigenvalue weighted by molar-refractivity contribution is 5.95. The lowest BCUT2D eigenvalue weighted by Crippen LogP contribution is -3.12. The Balaban J connectivity index is 2.20. The fraction of sp³-hybridized carbons (Fsp3) is 0.353. The quantitative estimate of drug-likeness (QED) is 0.725. The van der Waals surface area contributed by atoms with E-state index >= 15 is 0 Å². The number of urea groups is 1. The fourth-order valence-corrected chi connectivity index (χ4v) is 2.64. The smallest absolute Gasteiger partial charge is 0.319 e. The van der Waals surface area contributed by atoms with E-state index in [4.69, 9.17) is 5.73 Å². The van der Waals surface area contributed by atoms with Crippen LogP contribution in [0.4, 0.5) is 4.79 Å². The van der Waals surface area contributed by atoms with Crippen LogP contribution >= 0.6 is 0 Å². The Morgan fingerprint density at radius 2 is 1.92 bits per heavy atom. The van der Waals surface area contributed by atoms with Gasteiger partial charge in [-0.3, -0.25) is 10.1 Å².